The Morgan fingerprint density at radius 2 is 2.20 bits per heavy atom. The normalized spacial score (nSPS) is 24.1. The summed E-state index contributed by atoms with van der Waals surface area (Å²) in [6.45, 7) is 4.60. The summed E-state index contributed by atoms with van der Waals surface area (Å²) in [5.41, 5.74) is 1.03. The zero-order chi connectivity index (χ0) is 14.6. The van der Waals surface area contributed by atoms with Gasteiger partial charge in [-0.2, -0.15) is 0 Å². The van der Waals surface area contributed by atoms with Crippen molar-refractivity contribution in [2.45, 2.75) is 32.4 Å². The van der Waals surface area contributed by atoms with Gasteiger partial charge in [0.2, 0.25) is 10.0 Å². The molecule has 112 valence electrons. The van der Waals surface area contributed by atoms with Crippen LogP contribution in [-0.2, 0) is 16.6 Å². The molecule has 1 aromatic rings. The number of nitrogens with zero attached hydrogens (tertiary/aromatic N) is 2. The van der Waals surface area contributed by atoms with Gasteiger partial charge in [-0.05, 0) is 24.5 Å². The van der Waals surface area contributed by atoms with E-state index < -0.39 is 10.0 Å². The van der Waals surface area contributed by atoms with Crippen LogP contribution in [0.4, 0.5) is 0 Å². The first-order valence-corrected chi connectivity index (χ1v) is 8.96. The van der Waals surface area contributed by atoms with E-state index in [2.05, 4.69) is 21.5 Å². The Morgan fingerprint density at radius 1 is 1.40 bits per heavy atom. The molecule has 20 heavy (non-hydrogen) atoms. The van der Waals surface area contributed by atoms with Crippen molar-refractivity contribution in [1.82, 2.24) is 14.6 Å². The molecule has 0 amide bonds. The van der Waals surface area contributed by atoms with Crippen LogP contribution < -0.4 is 4.72 Å². The summed E-state index contributed by atoms with van der Waals surface area (Å²) >= 11 is 0. The van der Waals surface area contributed by atoms with E-state index in [9.17, 15) is 8.42 Å². The summed E-state index contributed by atoms with van der Waals surface area (Å²) in [6.07, 6.45) is 5.15. The predicted molar refractivity (Wildman–Crippen MR) is 79.7 cm³/mol. The molecule has 0 bridgehead atoms. The number of sulfonamides is 1. The van der Waals surface area contributed by atoms with Gasteiger partial charge in [0.1, 0.15) is 0 Å². The van der Waals surface area contributed by atoms with Crippen molar-refractivity contribution in [3.8, 4) is 0 Å². The van der Waals surface area contributed by atoms with Gasteiger partial charge >= 0.3 is 0 Å². The molecule has 1 fully saturated rings. The van der Waals surface area contributed by atoms with E-state index in [0.29, 0.717) is 5.92 Å². The Labute approximate surface area is 121 Å². The highest BCUT2D eigenvalue weighted by molar-refractivity contribution is 7.88. The fraction of sp³-hybridized carbons (Fsp3) is 0.643. The lowest BCUT2D eigenvalue weighted by atomic mass is 9.99. The van der Waals surface area contributed by atoms with Gasteiger partial charge < -0.3 is 0 Å². The highest BCUT2D eigenvalue weighted by Gasteiger charge is 2.33. The highest BCUT2D eigenvalue weighted by atomic mass is 32.2. The molecule has 0 saturated carbocycles. The lowest BCUT2D eigenvalue weighted by Crippen LogP contribution is -2.39. The van der Waals surface area contributed by atoms with E-state index in [-0.39, 0.29) is 6.04 Å². The topological polar surface area (TPSA) is 62.3 Å². The summed E-state index contributed by atoms with van der Waals surface area (Å²) in [4.78, 5) is 6.62. The van der Waals surface area contributed by atoms with Crippen LogP contribution in [0.5, 0.6) is 0 Å². The van der Waals surface area contributed by atoms with E-state index in [1.807, 2.05) is 18.2 Å². The Kier molecular flexibility index (Phi) is 5.12. The number of nitrogens with one attached hydrogen (secondary N) is 1. The van der Waals surface area contributed by atoms with E-state index in [4.69, 9.17) is 0 Å². The van der Waals surface area contributed by atoms with E-state index >= 15 is 0 Å². The number of aromatic nitrogens is 1. The molecule has 2 rings (SSSR count). The average molecular weight is 297 g/mol. The monoisotopic (exact) mass is 297 g/mol. The molecule has 1 N–H and O–H groups in total. The third kappa shape index (κ3) is 4.54. The van der Waals surface area contributed by atoms with Crippen LogP contribution in [0.15, 0.2) is 24.4 Å². The summed E-state index contributed by atoms with van der Waals surface area (Å²) in [5, 5.41) is 0. The Balaban J connectivity index is 2.00. The van der Waals surface area contributed by atoms with Crippen LogP contribution in [0, 0.1) is 5.92 Å². The molecule has 5 nitrogen and oxygen atoms in total. The number of rotatable bonds is 6. The molecule has 1 aliphatic heterocycles. The molecule has 1 aromatic heterocycles. The van der Waals surface area contributed by atoms with Crippen LogP contribution in [0.1, 0.15) is 25.5 Å². The largest absolute Gasteiger partial charge is 0.296 e. The number of hydrogen-bond donors (Lipinski definition) is 1. The Morgan fingerprint density at radius 3 is 2.80 bits per heavy atom. The third-order valence-electron chi connectivity index (χ3n) is 3.65. The minimum atomic E-state index is -3.15. The van der Waals surface area contributed by atoms with Crippen LogP contribution >= 0.6 is 0 Å². The zero-order valence-electron chi connectivity index (χ0n) is 12.1. The van der Waals surface area contributed by atoms with E-state index in [1.54, 1.807) is 6.20 Å². The first kappa shape index (κ1) is 15.4. The Hall–Kier alpha value is -0.980. The van der Waals surface area contributed by atoms with Crippen molar-refractivity contribution in [3.63, 3.8) is 0 Å². The molecule has 0 unspecified atom stereocenters. The van der Waals surface area contributed by atoms with Crippen LogP contribution in [0.2, 0.25) is 0 Å². The molecule has 0 aliphatic carbocycles. The molecule has 2 heterocycles. The van der Waals surface area contributed by atoms with Crippen molar-refractivity contribution in [2.75, 3.05) is 19.3 Å². The second-order valence-electron chi connectivity index (χ2n) is 5.56. The second-order valence-corrected chi connectivity index (χ2v) is 7.34. The lowest BCUT2D eigenvalue weighted by Gasteiger charge is -2.17. The van der Waals surface area contributed by atoms with E-state index in [1.165, 1.54) is 6.26 Å². The summed E-state index contributed by atoms with van der Waals surface area (Å²) in [6, 6.07) is 5.91. The Bertz CT molecular complexity index is 518. The molecule has 1 saturated heterocycles. The average Bonchev–Trinajstić information content (AvgIpc) is 2.71. The summed E-state index contributed by atoms with van der Waals surface area (Å²) in [7, 11) is -3.15. The van der Waals surface area contributed by atoms with Crippen molar-refractivity contribution >= 4 is 10.0 Å². The smallest absolute Gasteiger partial charge is 0.209 e. The van der Waals surface area contributed by atoms with Crippen molar-refractivity contribution in [3.05, 3.63) is 30.1 Å². The molecule has 0 aromatic carbocycles. The molecular formula is C14H23N3O2S. The second kappa shape index (κ2) is 6.65. The maximum absolute atomic E-state index is 11.5. The maximum Gasteiger partial charge on any atom is 0.209 e. The molecule has 0 spiro atoms. The standard InChI is InChI=1S/C14H23N3O2S/c1-3-6-12-9-17(10-13-7-4-5-8-15-13)11-14(12)16-20(2,18)19/h4-5,7-8,12,14,16H,3,6,9-11H2,1-2H3/t12-,14-/m1/s1. The zero-order valence-corrected chi connectivity index (χ0v) is 12.9. The van der Waals surface area contributed by atoms with Gasteiger partial charge in [0.25, 0.3) is 0 Å². The fourth-order valence-corrected chi connectivity index (χ4v) is 3.70. The molecule has 1 aliphatic rings. The summed E-state index contributed by atoms with van der Waals surface area (Å²) in [5.74, 6) is 0.387. The lowest BCUT2D eigenvalue weighted by molar-refractivity contribution is 0.308. The van der Waals surface area contributed by atoms with Gasteiger partial charge in [-0.3, -0.25) is 9.88 Å². The number of hydrogen-bond acceptors (Lipinski definition) is 4. The quantitative estimate of drug-likeness (QED) is 0.858. The first-order chi connectivity index (χ1) is 9.48. The van der Waals surface area contributed by atoms with Crippen molar-refractivity contribution in [2.24, 2.45) is 5.92 Å². The fourth-order valence-electron chi connectivity index (χ4n) is 2.88. The van der Waals surface area contributed by atoms with E-state index in [0.717, 1.165) is 38.2 Å². The maximum atomic E-state index is 11.5. The SMILES string of the molecule is CCC[C@@H]1CN(Cc2ccccn2)C[C@H]1NS(C)(=O)=O. The first-order valence-electron chi connectivity index (χ1n) is 7.07. The van der Waals surface area contributed by atoms with Crippen molar-refractivity contribution < 1.29 is 8.42 Å². The predicted octanol–water partition coefficient (Wildman–Crippen LogP) is 1.23. The number of pyridine rings is 1. The van der Waals surface area contributed by atoms with Crippen LogP contribution in [0.3, 0.4) is 0 Å². The van der Waals surface area contributed by atoms with Crippen LogP contribution in [0.25, 0.3) is 0 Å². The molecule has 6 heteroatoms. The minimum Gasteiger partial charge on any atom is -0.296 e. The van der Waals surface area contributed by atoms with Gasteiger partial charge in [-0.15, -0.1) is 0 Å². The van der Waals surface area contributed by atoms with Gasteiger partial charge in [0.05, 0.1) is 11.9 Å². The van der Waals surface area contributed by atoms with Gasteiger partial charge in [-0.1, -0.05) is 19.4 Å². The molecule has 0 radical (unpaired) electrons. The minimum absolute atomic E-state index is 0.0219. The molecular weight excluding hydrogens is 274 g/mol. The number of likely N-dealkylation sites (tertiary alicyclic amines) is 1. The third-order valence-corrected chi connectivity index (χ3v) is 4.38. The van der Waals surface area contributed by atoms with Crippen LogP contribution in [-0.4, -0.2) is 43.7 Å². The molecule has 2 atom stereocenters. The van der Waals surface area contributed by atoms with Gasteiger partial charge in [-0.25, -0.2) is 13.1 Å². The highest BCUT2D eigenvalue weighted by Crippen LogP contribution is 2.23. The summed E-state index contributed by atoms with van der Waals surface area (Å²) < 4.78 is 25.7. The van der Waals surface area contributed by atoms with Crippen molar-refractivity contribution in [1.29, 1.82) is 0 Å². The van der Waals surface area contributed by atoms with Gasteiger partial charge in [0, 0.05) is 31.9 Å². The van der Waals surface area contributed by atoms with Gasteiger partial charge in [0.15, 0.2) is 0 Å².